The van der Waals surface area contributed by atoms with Gasteiger partial charge < -0.3 is 19.9 Å². The van der Waals surface area contributed by atoms with Crippen molar-refractivity contribution >= 4 is 10.9 Å². The van der Waals surface area contributed by atoms with Gasteiger partial charge in [-0.15, -0.1) is 0 Å². The maximum absolute atomic E-state index is 5.26. The van der Waals surface area contributed by atoms with Crippen molar-refractivity contribution in [3.8, 4) is 5.75 Å². The molecule has 1 aromatic carbocycles. The molecule has 0 fully saturated rings. The van der Waals surface area contributed by atoms with E-state index < -0.39 is 0 Å². The van der Waals surface area contributed by atoms with Gasteiger partial charge >= 0.3 is 0 Å². The Labute approximate surface area is 108 Å². The number of hydrogen-bond acceptors (Lipinski definition) is 3. The van der Waals surface area contributed by atoms with Crippen LogP contribution in [0.15, 0.2) is 24.4 Å². The smallest absolute Gasteiger partial charge is 0.119 e. The van der Waals surface area contributed by atoms with Crippen molar-refractivity contribution < 1.29 is 4.74 Å². The predicted octanol–water partition coefficient (Wildman–Crippen LogP) is 1.83. The summed E-state index contributed by atoms with van der Waals surface area (Å²) >= 11 is 0. The molecule has 4 nitrogen and oxygen atoms in total. The molecule has 0 aliphatic rings. The number of nitrogens with one attached hydrogen (secondary N) is 2. The maximum atomic E-state index is 5.26. The Kier molecular flexibility index (Phi) is 4.23. The third-order valence-electron chi connectivity index (χ3n) is 3.03. The summed E-state index contributed by atoms with van der Waals surface area (Å²) in [6, 6.07) is 6.11. The summed E-state index contributed by atoms with van der Waals surface area (Å²) < 4.78 is 5.26. The number of aromatic nitrogens is 1. The molecule has 0 aliphatic carbocycles. The van der Waals surface area contributed by atoms with E-state index in [-0.39, 0.29) is 0 Å². The molecular weight excluding hydrogens is 226 g/mol. The largest absolute Gasteiger partial charge is 0.497 e. The van der Waals surface area contributed by atoms with E-state index in [0.29, 0.717) is 0 Å². The van der Waals surface area contributed by atoms with E-state index in [2.05, 4.69) is 47.6 Å². The first-order chi connectivity index (χ1) is 8.70. The van der Waals surface area contributed by atoms with Crippen LogP contribution in [0.2, 0.25) is 0 Å². The fourth-order valence-corrected chi connectivity index (χ4v) is 1.96. The van der Waals surface area contributed by atoms with Crippen molar-refractivity contribution in [3.63, 3.8) is 0 Å². The van der Waals surface area contributed by atoms with Gasteiger partial charge in [0.05, 0.1) is 7.11 Å². The SMILES string of the molecule is COc1ccc2[nH]cc(CNCCN(C)C)c2c1. The lowest BCUT2D eigenvalue weighted by Crippen LogP contribution is -2.26. The van der Waals surface area contributed by atoms with E-state index in [1.807, 2.05) is 6.07 Å². The van der Waals surface area contributed by atoms with Gasteiger partial charge in [-0.1, -0.05) is 0 Å². The number of hydrogen-bond donors (Lipinski definition) is 2. The maximum Gasteiger partial charge on any atom is 0.119 e. The molecule has 1 heterocycles. The molecule has 0 bridgehead atoms. The number of nitrogens with zero attached hydrogens (tertiary/aromatic N) is 1. The Bertz CT molecular complexity index is 505. The lowest BCUT2D eigenvalue weighted by Gasteiger charge is -2.10. The molecule has 0 unspecified atom stereocenters. The van der Waals surface area contributed by atoms with Crippen LogP contribution in [0.3, 0.4) is 0 Å². The van der Waals surface area contributed by atoms with Crippen molar-refractivity contribution in [2.24, 2.45) is 0 Å². The number of likely N-dealkylation sites (N-methyl/N-ethyl adjacent to an activating group) is 1. The number of benzene rings is 1. The number of aromatic amines is 1. The minimum absolute atomic E-state index is 0.876. The molecular formula is C14H21N3O. The average molecular weight is 247 g/mol. The fourth-order valence-electron chi connectivity index (χ4n) is 1.96. The predicted molar refractivity (Wildman–Crippen MR) is 75.1 cm³/mol. The van der Waals surface area contributed by atoms with Gasteiger partial charge in [-0.2, -0.15) is 0 Å². The number of rotatable bonds is 6. The van der Waals surface area contributed by atoms with Crippen molar-refractivity contribution in [2.75, 3.05) is 34.3 Å². The average Bonchev–Trinajstić information content (AvgIpc) is 2.76. The molecule has 0 saturated heterocycles. The fraction of sp³-hybridized carbons (Fsp3) is 0.429. The lowest BCUT2D eigenvalue weighted by atomic mass is 10.1. The molecule has 18 heavy (non-hydrogen) atoms. The first kappa shape index (κ1) is 12.9. The lowest BCUT2D eigenvalue weighted by molar-refractivity contribution is 0.400. The van der Waals surface area contributed by atoms with Crippen molar-refractivity contribution in [3.05, 3.63) is 30.0 Å². The molecule has 0 amide bonds. The van der Waals surface area contributed by atoms with E-state index in [9.17, 15) is 0 Å². The number of ether oxygens (including phenoxy) is 1. The van der Waals surface area contributed by atoms with Gasteiger partial charge in [-0.3, -0.25) is 0 Å². The first-order valence-electron chi connectivity index (χ1n) is 6.20. The van der Waals surface area contributed by atoms with Crippen molar-refractivity contribution in [1.82, 2.24) is 15.2 Å². The van der Waals surface area contributed by atoms with Crippen molar-refractivity contribution in [2.45, 2.75) is 6.54 Å². The molecule has 0 radical (unpaired) electrons. The zero-order chi connectivity index (χ0) is 13.0. The summed E-state index contributed by atoms with van der Waals surface area (Å²) in [5, 5.41) is 4.67. The van der Waals surface area contributed by atoms with E-state index >= 15 is 0 Å². The van der Waals surface area contributed by atoms with Gasteiger partial charge in [0.2, 0.25) is 0 Å². The second-order valence-electron chi connectivity index (χ2n) is 4.71. The van der Waals surface area contributed by atoms with Crippen LogP contribution in [-0.4, -0.2) is 44.2 Å². The van der Waals surface area contributed by atoms with Gasteiger partial charge in [-0.05, 0) is 37.9 Å². The first-order valence-corrected chi connectivity index (χ1v) is 6.20. The second kappa shape index (κ2) is 5.89. The van der Waals surface area contributed by atoms with Crippen LogP contribution in [-0.2, 0) is 6.54 Å². The third-order valence-corrected chi connectivity index (χ3v) is 3.03. The Morgan fingerprint density at radius 1 is 1.33 bits per heavy atom. The molecule has 0 saturated carbocycles. The topological polar surface area (TPSA) is 40.3 Å². The van der Waals surface area contributed by atoms with Crippen molar-refractivity contribution in [1.29, 1.82) is 0 Å². The van der Waals surface area contributed by atoms with Crippen LogP contribution in [0.5, 0.6) is 5.75 Å². The molecule has 0 spiro atoms. The highest BCUT2D eigenvalue weighted by molar-refractivity contribution is 5.84. The summed E-state index contributed by atoms with van der Waals surface area (Å²) in [5.74, 6) is 0.900. The van der Waals surface area contributed by atoms with Crippen LogP contribution in [0.4, 0.5) is 0 Å². The van der Waals surface area contributed by atoms with Crippen LogP contribution < -0.4 is 10.1 Å². The Morgan fingerprint density at radius 3 is 2.89 bits per heavy atom. The van der Waals surface area contributed by atoms with E-state index in [1.54, 1.807) is 7.11 Å². The molecule has 98 valence electrons. The number of H-pyrrole nitrogens is 1. The van der Waals surface area contributed by atoms with Crippen LogP contribution in [0.25, 0.3) is 10.9 Å². The summed E-state index contributed by atoms with van der Waals surface area (Å²) in [5.41, 5.74) is 2.43. The molecule has 0 atom stereocenters. The van der Waals surface area contributed by atoms with E-state index in [1.165, 1.54) is 10.9 Å². The zero-order valence-electron chi connectivity index (χ0n) is 11.3. The summed E-state index contributed by atoms with van der Waals surface area (Å²) in [4.78, 5) is 5.46. The molecule has 4 heteroatoms. The van der Waals surface area contributed by atoms with E-state index in [0.717, 1.165) is 30.9 Å². The number of methoxy groups -OCH3 is 1. The molecule has 0 aliphatic heterocycles. The highest BCUT2D eigenvalue weighted by Gasteiger charge is 2.04. The van der Waals surface area contributed by atoms with Crippen LogP contribution in [0, 0.1) is 0 Å². The molecule has 2 N–H and O–H groups in total. The Balaban J connectivity index is 2.04. The highest BCUT2D eigenvalue weighted by atomic mass is 16.5. The third kappa shape index (κ3) is 3.03. The van der Waals surface area contributed by atoms with E-state index in [4.69, 9.17) is 4.74 Å². The zero-order valence-corrected chi connectivity index (χ0v) is 11.3. The monoisotopic (exact) mass is 247 g/mol. The number of fused-ring (bicyclic) bond motifs is 1. The molecule has 2 rings (SSSR count). The van der Waals surface area contributed by atoms with Gasteiger partial charge in [0.1, 0.15) is 5.75 Å². The Hall–Kier alpha value is -1.52. The minimum atomic E-state index is 0.876. The second-order valence-corrected chi connectivity index (χ2v) is 4.71. The summed E-state index contributed by atoms with van der Waals surface area (Å²) in [7, 11) is 5.86. The minimum Gasteiger partial charge on any atom is -0.497 e. The summed E-state index contributed by atoms with van der Waals surface area (Å²) in [6.07, 6.45) is 2.06. The van der Waals surface area contributed by atoms with Gasteiger partial charge in [0.25, 0.3) is 0 Å². The standard InChI is InChI=1S/C14H21N3O/c1-17(2)7-6-15-9-11-10-16-14-5-4-12(18-3)8-13(11)14/h4-5,8,10,15-16H,6-7,9H2,1-3H3. The summed E-state index contributed by atoms with van der Waals surface area (Å²) in [6.45, 7) is 2.91. The van der Waals surface area contributed by atoms with Gasteiger partial charge in [-0.25, -0.2) is 0 Å². The normalized spacial score (nSPS) is 11.3. The highest BCUT2D eigenvalue weighted by Crippen LogP contribution is 2.23. The van der Waals surface area contributed by atoms with Crippen LogP contribution >= 0.6 is 0 Å². The molecule has 2 aromatic rings. The van der Waals surface area contributed by atoms with Crippen LogP contribution in [0.1, 0.15) is 5.56 Å². The molecule has 1 aromatic heterocycles. The van der Waals surface area contributed by atoms with Gasteiger partial charge in [0, 0.05) is 36.7 Å². The van der Waals surface area contributed by atoms with Gasteiger partial charge in [0.15, 0.2) is 0 Å². The Morgan fingerprint density at radius 2 is 2.17 bits per heavy atom. The quantitative estimate of drug-likeness (QED) is 0.765.